The van der Waals surface area contributed by atoms with Crippen molar-refractivity contribution in [3.8, 4) is 11.4 Å². The summed E-state index contributed by atoms with van der Waals surface area (Å²) in [6.07, 6.45) is 3.30. The topological polar surface area (TPSA) is 118 Å². The summed E-state index contributed by atoms with van der Waals surface area (Å²) in [6.45, 7) is 0.587. The fraction of sp³-hybridized carbons (Fsp3) is 0.0625. The Labute approximate surface area is 147 Å². The SMILES string of the molecule is Nc1ncc2c(-c3ccnc(NCc4ccc(Cl)cc4)n3)[nH]nc2n1. The third-order valence-corrected chi connectivity index (χ3v) is 3.86. The molecule has 0 amide bonds. The van der Waals surface area contributed by atoms with Crippen LogP contribution in [-0.4, -0.2) is 30.1 Å². The highest BCUT2D eigenvalue weighted by Crippen LogP contribution is 2.23. The van der Waals surface area contributed by atoms with Gasteiger partial charge in [0.15, 0.2) is 5.65 Å². The van der Waals surface area contributed by atoms with Crippen LogP contribution >= 0.6 is 11.6 Å². The normalized spacial score (nSPS) is 10.9. The largest absolute Gasteiger partial charge is 0.368 e. The molecule has 0 spiro atoms. The number of nitrogens with one attached hydrogen (secondary N) is 2. The minimum absolute atomic E-state index is 0.179. The van der Waals surface area contributed by atoms with Gasteiger partial charge in [-0.3, -0.25) is 5.10 Å². The van der Waals surface area contributed by atoms with Gasteiger partial charge < -0.3 is 11.1 Å². The first-order valence-electron chi connectivity index (χ1n) is 7.47. The van der Waals surface area contributed by atoms with Crippen LogP contribution in [0, 0.1) is 0 Å². The Morgan fingerprint density at radius 3 is 2.76 bits per heavy atom. The van der Waals surface area contributed by atoms with Gasteiger partial charge in [0.2, 0.25) is 11.9 Å². The molecule has 3 aromatic heterocycles. The van der Waals surface area contributed by atoms with Crippen LogP contribution in [0.15, 0.2) is 42.7 Å². The van der Waals surface area contributed by atoms with E-state index in [9.17, 15) is 0 Å². The van der Waals surface area contributed by atoms with Crippen LogP contribution in [0.1, 0.15) is 5.56 Å². The molecular weight excluding hydrogens is 340 g/mol. The van der Waals surface area contributed by atoms with E-state index in [1.807, 2.05) is 24.3 Å². The van der Waals surface area contributed by atoms with Crippen molar-refractivity contribution >= 4 is 34.5 Å². The third kappa shape index (κ3) is 3.20. The summed E-state index contributed by atoms with van der Waals surface area (Å²) in [6, 6.07) is 9.38. The van der Waals surface area contributed by atoms with Gasteiger partial charge in [0.1, 0.15) is 0 Å². The summed E-state index contributed by atoms with van der Waals surface area (Å²) in [5.41, 5.74) is 8.55. The lowest BCUT2D eigenvalue weighted by Gasteiger charge is -2.06. The van der Waals surface area contributed by atoms with Crippen molar-refractivity contribution in [3.05, 3.63) is 53.3 Å². The molecule has 0 radical (unpaired) electrons. The Balaban J connectivity index is 1.59. The molecular formula is C16H13ClN8. The van der Waals surface area contributed by atoms with E-state index in [0.717, 1.165) is 10.9 Å². The smallest absolute Gasteiger partial charge is 0.223 e. The number of rotatable bonds is 4. The Morgan fingerprint density at radius 2 is 1.92 bits per heavy atom. The molecule has 0 atom stereocenters. The van der Waals surface area contributed by atoms with Crippen LogP contribution in [0.4, 0.5) is 11.9 Å². The molecule has 4 aromatic rings. The Morgan fingerprint density at radius 1 is 1.08 bits per heavy atom. The van der Waals surface area contributed by atoms with E-state index >= 15 is 0 Å². The van der Waals surface area contributed by atoms with E-state index < -0.39 is 0 Å². The number of anilines is 2. The number of hydrogen-bond donors (Lipinski definition) is 3. The van der Waals surface area contributed by atoms with Crippen LogP contribution < -0.4 is 11.1 Å². The molecule has 0 saturated heterocycles. The quantitative estimate of drug-likeness (QED) is 0.516. The highest BCUT2D eigenvalue weighted by molar-refractivity contribution is 6.30. The van der Waals surface area contributed by atoms with Crippen molar-refractivity contribution in [2.75, 3.05) is 11.1 Å². The number of nitrogen functional groups attached to an aromatic ring is 1. The molecule has 3 heterocycles. The first-order valence-corrected chi connectivity index (χ1v) is 7.85. The molecule has 0 aliphatic heterocycles. The Hall–Kier alpha value is -3.26. The summed E-state index contributed by atoms with van der Waals surface area (Å²) in [4.78, 5) is 16.8. The van der Waals surface area contributed by atoms with Crippen LogP contribution in [-0.2, 0) is 6.54 Å². The van der Waals surface area contributed by atoms with E-state index in [-0.39, 0.29) is 5.95 Å². The van der Waals surface area contributed by atoms with E-state index in [1.165, 1.54) is 0 Å². The summed E-state index contributed by atoms with van der Waals surface area (Å²) >= 11 is 5.89. The fourth-order valence-corrected chi connectivity index (χ4v) is 2.50. The molecule has 25 heavy (non-hydrogen) atoms. The van der Waals surface area contributed by atoms with Crippen LogP contribution in [0.25, 0.3) is 22.4 Å². The van der Waals surface area contributed by atoms with Gasteiger partial charge in [0.05, 0.1) is 16.8 Å². The maximum Gasteiger partial charge on any atom is 0.223 e. The predicted molar refractivity (Wildman–Crippen MR) is 95.9 cm³/mol. The van der Waals surface area contributed by atoms with Crippen molar-refractivity contribution in [2.45, 2.75) is 6.54 Å². The second kappa shape index (κ2) is 6.33. The first kappa shape index (κ1) is 15.3. The Bertz CT molecular complexity index is 1030. The van der Waals surface area contributed by atoms with Crippen molar-refractivity contribution in [1.82, 2.24) is 30.1 Å². The third-order valence-electron chi connectivity index (χ3n) is 3.61. The second-order valence-corrected chi connectivity index (χ2v) is 5.75. The number of benzene rings is 1. The summed E-state index contributed by atoms with van der Waals surface area (Å²) in [5, 5.41) is 11.7. The molecule has 4 rings (SSSR count). The molecule has 4 N–H and O–H groups in total. The Kier molecular flexibility index (Phi) is 3.87. The number of halogens is 1. The number of nitrogens with zero attached hydrogens (tertiary/aromatic N) is 5. The molecule has 0 aliphatic rings. The maximum absolute atomic E-state index is 5.89. The summed E-state index contributed by atoms with van der Waals surface area (Å²) < 4.78 is 0. The zero-order valence-electron chi connectivity index (χ0n) is 12.9. The molecule has 0 saturated carbocycles. The molecule has 0 fully saturated rings. The summed E-state index contributed by atoms with van der Waals surface area (Å²) in [7, 11) is 0. The van der Waals surface area contributed by atoms with Gasteiger partial charge in [-0.2, -0.15) is 10.1 Å². The van der Waals surface area contributed by atoms with E-state index in [2.05, 4.69) is 35.5 Å². The second-order valence-electron chi connectivity index (χ2n) is 5.31. The zero-order valence-corrected chi connectivity index (χ0v) is 13.7. The van der Waals surface area contributed by atoms with Gasteiger partial charge in [-0.25, -0.2) is 15.0 Å². The lowest BCUT2D eigenvalue weighted by atomic mass is 10.2. The number of fused-ring (bicyclic) bond motifs is 1. The minimum atomic E-state index is 0.179. The van der Waals surface area contributed by atoms with Gasteiger partial charge in [-0.15, -0.1) is 0 Å². The van der Waals surface area contributed by atoms with Crippen molar-refractivity contribution < 1.29 is 0 Å². The van der Waals surface area contributed by atoms with E-state index in [1.54, 1.807) is 18.5 Å². The zero-order chi connectivity index (χ0) is 17.2. The monoisotopic (exact) mass is 352 g/mol. The van der Waals surface area contributed by atoms with Crippen LogP contribution in [0.5, 0.6) is 0 Å². The average molecular weight is 353 g/mol. The fourth-order valence-electron chi connectivity index (χ4n) is 2.38. The van der Waals surface area contributed by atoms with Gasteiger partial charge in [0, 0.05) is 24.0 Å². The van der Waals surface area contributed by atoms with E-state index in [4.69, 9.17) is 17.3 Å². The molecule has 124 valence electrons. The molecule has 0 unspecified atom stereocenters. The number of aromatic nitrogens is 6. The highest BCUT2D eigenvalue weighted by Gasteiger charge is 2.11. The van der Waals surface area contributed by atoms with Crippen molar-refractivity contribution in [2.24, 2.45) is 0 Å². The molecule has 0 bridgehead atoms. The predicted octanol–water partition coefficient (Wildman–Crippen LogP) is 2.66. The number of H-pyrrole nitrogens is 1. The van der Waals surface area contributed by atoms with Gasteiger partial charge in [-0.05, 0) is 23.8 Å². The number of nitrogens with two attached hydrogens (primary N) is 1. The van der Waals surface area contributed by atoms with Gasteiger partial charge in [-0.1, -0.05) is 23.7 Å². The van der Waals surface area contributed by atoms with Crippen LogP contribution in [0.3, 0.4) is 0 Å². The molecule has 0 aliphatic carbocycles. The van der Waals surface area contributed by atoms with Gasteiger partial charge in [0.25, 0.3) is 0 Å². The first-order chi connectivity index (χ1) is 12.2. The summed E-state index contributed by atoms with van der Waals surface area (Å²) in [5.74, 6) is 0.685. The molecule has 8 nitrogen and oxygen atoms in total. The molecule has 1 aromatic carbocycles. The van der Waals surface area contributed by atoms with Crippen molar-refractivity contribution in [1.29, 1.82) is 0 Å². The minimum Gasteiger partial charge on any atom is -0.368 e. The number of aromatic amines is 1. The van der Waals surface area contributed by atoms with Crippen molar-refractivity contribution in [3.63, 3.8) is 0 Å². The lowest BCUT2D eigenvalue weighted by Crippen LogP contribution is -2.04. The molecule has 9 heteroatoms. The van der Waals surface area contributed by atoms with E-state index in [0.29, 0.717) is 34.6 Å². The van der Waals surface area contributed by atoms with Crippen LogP contribution in [0.2, 0.25) is 5.02 Å². The number of hydrogen-bond acceptors (Lipinski definition) is 7. The average Bonchev–Trinajstić information content (AvgIpc) is 3.04. The highest BCUT2D eigenvalue weighted by atomic mass is 35.5. The van der Waals surface area contributed by atoms with Gasteiger partial charge >= 0.3 is 0 Å². The maximum atomic E-state index is 5.89. The lowest BCUT2D eigenvalue weighted by molar-refractivity contribution is 1.04. The standard InChI is InChI=1S/C16H13ClN8/c17-10-3-1-9(2-4-10)7-21-16-19-6-5-12(22-16)13-11-8-20-15(18)23-14(11)25-24-13/h1-6,8H,7H2,(H,19,21,22)(H3,18,20,23,24,25).